The molecule has 1 fully saturated rings. The summed E-state index contributed by atoms with van der Waals surface area (Å²) in [7, 11) is 0. The fraction of sp³-hybridized carbons (Fsp3) is 0.667. The Morgan fingerprint density at radius 3 is 2.35 bits per heavy atom. The van der Waals surface area contributed by atoms with Crippen molar-refractivity contribution in [3.05, 3.63) is 35.4 Å². The summed E-state index contributed by atoms with van der Waals surface area (Å²) in [4.78, 5) is 2.65. The summed E-state index contributed by atoms with van der Waals surface area (Å²) in [6, 6.07) is 10.4. The lowest BCUT2D eigenvalue weighted by Gasteiger charge is -2.41. The Morgan fingerprint density at radius 1 is 1.15 bits per heavy atom. The average Bonchev–Trinajstić information content (AvgIpc) is 2.39. The molecule has 1 N–H and O–H groups in total. The standard InChI is InChI=1S/C18H30N2/c1-13(2)17-8-6-16(7-9-17)12-20-11-15(5)19-10-18(20)14(3)4/h6-9,13-15,18-19H,10-12H2,1-5H3. The van der Waals surface area contributed by atoms with Gasteiger partial charge in [0.15, 0.2) is 0 Å². The van der Waals surface area contributed by atoms with Gasteiger partial charge in [-0.3, -0.25) is 4.90 Å². The van der Waals surface area contributed by atoms with Gasteiger partial charge in [0, 0.05) is 31.7 Å². The first-order valence-corrected chi connectivity index (χ1v) is 8.03. The van der Waals surface area contributed by atoms with E-state index in [2.05, 4.69) is 69.1 Å². The molecule has 0 saturated carbocycles. The predicted molar refractivity (Wildman–Crippen MR) is 87.0 cm³/mol. The molecule has 20 heavy (non-hydrogen) atoms. The molecule has 0 bridgehead atoms. The highest BCUT2D eigenvalue weighted by molar-refractivity contribution is 5.24. The van der Waals surface area contributed by atoms with E-state index < -0.39 is 0 Å². The summed E-state index contributed by atoms with van der Waals surface area (Å²) in [6.07, 6.45) is 0. The molecule has 0 radical (unpaired) electrons. The molecule has 112 valence electrons. The molecule has 0 spiro atoms. The summed E-state index contributed by atoms with van der Waals surface area (Å²) >= 11 is 0. The Kier molecular flexibility index (Phi) is 5.22. The van der Waals surface area contributed by atoms with E-state index in [-0.39, 0.29) is 0 Å². The van der Waals surface area contributed by atoms with E-state index in [0.29, 0.717) is 23.9 Å². The van der Waals surface area contributed by atoms with Crippen molar-refractivity contribution in [2.45, 2.75) is 59.2 Å². The van der Waals surface area contributed by atoms with Gasteiger partial charge in [-0.25, -0.2) is 0 Å². The van der Waals surface area contributed by atoms with E-state index in [0.717, 1.165) is 19.6 Å². The molecule has 1 saturated heterocycles. The second-order valence-corrected chi connectivity index (χ2v) is 6.95. The summed E-state index contributed by atoms with van der Waals surface area (Å²) in [5.74, 6) is 1.32. The van der Waals surface area contributed by atoms with Gasteiger partial charge >= 0.3 is 0 Å². The number of nitrogens with one attached hydrogen (secondary N) is 1. The first kappa shape index (κ1) is 15.5. The van der Waals surface area contributed by atoms with Gasteiger partial charge in [0.05, 0.1) is 0 Å². The van der Waals surface area contributed by atoms with Crippen molar-refractivity contribution in [3.8, 4) is 0 Å². The Labute approximate surface area is 124 Å². The summed E-state index contributed by atoms with van der Waals surface area (Å²) in [5, 5.41) is 3.61. The first-order chi connectivity index (χ1) is 9.47. The van der Waals surface area contributed by atoms with Crippen LogP contribution in [-0.2, 0) is 6.54 Å². The van der Waals surface area contributed by atoms with Crippen molar-refractivity contribution in [1.29, 1.82) is 0 Å². The minimum Gasteiger partial charge on any atom is -0.311 e. The molecule has 0 aromatic heterocycles. The number of nitrogens with zero attached hydrogens (tertiary/aromatic N) is 1. The van der Waals surface area contributed by atoms with E-state index in [1.807, 2.05) is 0 Å². The topological polar surface area (TPSA) is 15.3 Å². The third-order valence-corrected chi connectivity index (χ3v) is 4.45. The van der Waals surface area contributed by atoms with Crippen LogP contribution in [-0.4, -0.2) is 30.1 Å². The maximum absolute atomic E-state index is 3.61. The van der Waals surface area contributed by atoms with Gasteiger partial charge in [0.25, 0.3) is 0 Å². The molecule has 2 atom stereocenters. The zero-order chi connectivity index (χ0) is 14.7. The van der Waals surface area contributed by atoms with Crippen molar-refractivity contribution in [3.63, 3.8) is 0 Å². The van der Waals surface area contributed by atoms with Crippen molar-refractivity contribution >= 4 is 0 Å². The highest BCUT2D eigenvalue weighted by atomic mass is 15.2. The first-order valence-electron chi connectivity index (χ1n) is 8.03. The monoisotopic (exact) mass is 274 g/mol. The molecular weight excluding hydrogens is 244 g/mol. The number of rotatable bonds is 4. The van der Waals surface area contributed by atoms with Crippen LogP contribution in [0.2, 0.25) is 0 Å². The van der Waals surface area contributed by atoms with Crippen LogP contribution in [0.4, 0.5) is 0 Å². The van der Waals surface area contributed by atoms with Crippen molar-refractivity contribution in [2.24, 2.45) is 5.92 Å². The van der Waals surface area contributed by atoms with Gasteiger partial charge in [-0.15, -0.1) is 0 Å². The maximum atomic E-state index is 3.61. The SMILES string of the molecule is CC1CN(Cc2ccc(C(C)C)cc2)C(C(C)C)CN1. The van der Waals surface area contributed by atoms with E-state index >= 15 is 0 Å². The van der Waals surface area contributed by atoms with E-state index in [1.54, 1.807) is 0 Å². The quantitative estimate of drug-likeness (QED) is 0.902. The van der Waals surface area contributed by atoms with Crippen LogP contribution in [0.25, 0.3) is 0 Å². The minimum absolute atomic E-state index is 0.597. The molecule has 2 nitrogen and oxygen atoms in total. The lowest BCUT2D eigenvalue weighted by Crippen LogP contribution is -2.56. The Hall–Kier alpha value is -0.860. The lowest BCUT2D eigenvalue weighted by molar-refractivity contribution is 0.0956. The molecule has 0 aliphatic carbocycles. The zero-order valence-corrected chi connectivity index (χ0v) is 13.7. The van der Waals surface area contributed by atoms with Gasteiger partial charge in [-0.2, -0.15) is 0 Å². The van der Waals surface area contributed by atoms with Crippen LogP contribution >= 0.6 is 0 Å². The van der Waals surface area contributed by atoms with Crippen LogP contribution in [0.1, 0.15) is 51.7 Å². The van der Waals surface area contributed by atoms with E-state index in [4.69, 9.17) is 0 Å². The average molecular weight is 274 g/mol. The second-order valence-electron chi connectivity index (χ2n) is 6.95. The fourth-order valence-electron chi connectivity index (χ4n) is 3.08. The molecular formula is C18H30N2. The summed E-state index contributed by atoms with van der Waals surface area (Å²) in [6.45, 7) is 14.8. The minimum atomic E-state index is 0.597. The highest BCUT2D eigenvalue weighted by Gasteiger charge is 2.27. The van der Waals surface area contributed by atoms with Crippen molar-refractivity contribution < 1.29 is 0 Å². The zero-order valence-electron chi connectivity index (χ0n) is 13.7. The highest BCUT2D eigenvalue weighted by Crippen LogP contribution is 2.20. The van der Waals surface area contributed by atoms with Gasteiger partial charge in [-0.1, -0.05) is 52.0 Å². The smallest absolute Gasteiger partial charge is 0.0247 e. The molecule has 1 heterocycles. The van der Waals surface area contributed by atoms with Gasteiger partial charge in [0.1, 0.15) is 0 Å². The number of benzene rings is 1. The Balaban J connectivity index is 2.05. The third-order valence-electron chi connectivity index (χ3n) is 4.45. The molecule has 1 aromatic carbocycles. The summed E-state index contributed by atoms with van der Waals surface area (Å²) < 4.78 is 0. The Morgan fingerprint density at radius 2 is 1.80 bits per heavy atom. The van der Waals surface area contributed by atoms with E-state index in [1.165, 1.54) is 11.1 Å². The van der Waals surface area contributed by atoms with Gasteiger partial charge in [0.2, 0.25) is 0 Å². The molecule has 2 unspecified atom stereocenters. The number of piperazine rings is 1. The molecule has 1 aliphatic rings. The van der Waals surface area contributed by atoms with Crippen LogP contribution in [0.5, 0.6) is 0 Å². The fourth-order valence-corrected chi connectivity index (χ4v) is 3.08. The van der Waals surface area contributed by atoms with Crippen LogP contribution in [0.15, 0.2) is 24.3 Å². The molecule has 2 rings (SSSR count). The normalized spacial score (nSPS) is 24.6. The molecule has 2 heteroatoms. The Bertz CT molecular complexity index is 408. The summed E-state index contributed by atoms with van der Waals surface area (Å²) in [5.41, 5.74) is 2.87. The largest absolute Gasteiger partial charge is 0.311 e. The van der Waals surface area contributed by atoms with Crippen LogP contribution < -0.4 is 5.32 Å². The maximum Gasteiger partial charge on any atom is 0.0247 e. The predicted octanol–water partition coefficient (Wildman–Crippen LogP) is 3.63. The van der Waals surface area contributed by atoms with Gasteiger partial charge in [-0.05, 0) is 29.9 Å². The molecule has 1 aliphatic heterocycles. The second kappa shape index (κ2) is 6.73. The number of hydrogen-bond donors (Lipinski definition) is 1. The van der Waals surface area contributed by atoms with Gasteiger partial charge < -0.3 is 5.32 Å². The molecule has 0 amide bonds. The van der Waals surface area contributed by atoms with E-state index in [9.17, 15) is 0 Å². The third kappa shape index (κ3) is 3.83. The number of hydrogen-bond acceptors (Lipinski definition) is 2. The van der Waals surface area contributed by atoms with Crippen molar-refractivity contribution in [2.75, 3.05) is 13.1 Å². The van der Waals surface area contributed by atoms with Crippen LogP contribution in [0, 0.1) is 5.92 Å². The van der Waals surface area contributed by atoms with Crippen molar-refractivity contribution in [1.82, 2.24) is 10.2 Å². The molecule has 1 aromatic rings. The van der Waals surface area contributed by atoms with Crippen LogP contribution in [0.3, 0.4) is 0 Å². The lowest BCUT2D eigenvalue weighted by atomic mass is 9.97.